The minimum absolute atomic E-state index is 0.0310. The standard InChI is InChI=1S/C19H22N6O6/c1-20-17(29)14(27)6-5-12(22-18(30)15-21-7-9-24(15)2)16(28)23-13-4-3-8-25(10-11-26)19(13)31/h3-4,7-9,11-12H,5-6,10H2,1-2H3,(H,20,29)(H,22,30)(H,23,28). The molecule has 31 heavy (non-hydrogen) atoms. The van der Waals surface area contributed by atoms with Crippen LogP contribution in [0.1, 0.15) is 23.5 Å². The van der Waals surface area contributed by atoms with Crippen LogP contribution in [-0.4, -0.2) is 57.0 Å². The Morgan fingerprint density at radius 2 is 1.97 bits per heavy atom. The molecule has 2 rings (SSSR count). The molecule has 12 heteroatoms. The van der Waals surface area contributed by atoms with Crippen molar-refractivity contribution in [1.82, 2.24) is 24.8 Å². The van der Waals surface area contributed by atoms with Crippen LogP contribution >= 0.6 is 0 Å². The van der Waals surface area contributed by atoms with Crippen LogP contribution in [0.3, 0.4) is 0 Å². The van der Waals surface area contributed by atoms with E-state index in [0.29, 0.717) is 6.29 Å². The van der Waals surface area contributed by atoms with Gasteiger partial charge >= 0.3 is 0 Å². The molecule has 0 saturated heterocycles. The molecule has 0 spiro atoms. The van der Waals surface area contributed by atoms with Gasteiger partial charge in [0.15, 0.2) is 5.82 Å². The second kappa shape index (κ2) is 10.6. The first-order valence-corrected chi connectivity index (χ1v) is 9.25. The number of nitrogens with one attached hydrogen (secondary N) is 3. The molecule has 0 aliphatic carbocycles. The molecule has 0 aliphatic heterocycles. The van der Waals surface area contributed by atoms with Crippen molar-refractivity contribution in [1.29, 1.82) is 0 Å². The number of likely N-dealkylation sites (N-methyl/N-ethyl adjacent to an activating group) is 1. The molecule has 0 aliphatic rings. The number of anilines is 1. The average Bonchev–Trinajstić information content (AvgIpc) is 3.18. The first-order chi connectivity index (χ1) is 14.8. The number of rotatable bonds is 10. The normalized spacial score (nSPS) is 11.3. The molecule has 1 atom stereocenters. The average molecular weight is 430 g/mol. The third-order valence-corrected chi connectivity index (χ3v) is 4.34. The Hall–Kier alpha value is -4.09. The Morgan fingerprint density at radius 1 is 1.23 bits per heavy atom. The lowest BCUT2D eigenvalue weighted by molar-refractivity contribution is -0.137. The highest BCUT2D eigenvalue weighted by Gasteiger charge is 2.26. The first kappa shape index (κ1) is 23.2. The number of carbonyl (C=O) groups is 5. The molecule has 2 aromatic heterocycles. The number of imidazole rings is 1. The maximum atomic E-state index is 12.8. The fourth-order valence-corrected chi connectivity index (χ4v) is 2.68. The van der Waals surface area contributed by atoms with Crippen molar-refractivity contribution >= 4 is 35.5 Å². The van der Waals surface area contributed by atoms with Crippen LogP contribution in [0.4, 0.5) is 5.69 Å². The van der Waals surface area contributed by atoms with Gasteiger partial charge in [-0.15, -0.1) is 0 Å². The predicted octanol–water partition coefficient (Wildman–Crippen LogP) is -1.39. The molecule has 0 bridgehead atoms. The van der Waals surface area contributed by atoms with Crippen LogP contribution in [0.25, 0.3) is 0 Å². The summed E-state index contributed by atoms with van der Waals surface area (Å²) in [6.07, 6.45) is 4.35. The van der Waals surface area contributed by atoms with Crippen LogP contribution in [0, 0.1) is 0 Å². The van der Waals surface area contributed by atoms with Gasteiger partial charge in [0.2, 0.25) is 11.7 Å². The van der Waals surface area contributed by atoms with Gasteiger partial charge in [0.1, 0.15) is 18.0 Å². The molecular weight excluding hydrogens is 408 g/mol. The second-order valence-corrected chi connectivity index (χ2v) is 6.46. The second-order valence-electron chi connectivity index (χ2n) is 6.46. The zero-order valence-electron chi connectivity index (χ0n) is 17.0. The van der Waals surface area contributed by atoms with E-state index in [2.05, 4.69) is 20.9 Å². The number of aromatic nitrogens is 3. The van der Waals surface area contributed by atoms with Gasteiger partial charge in [-0.25, -0.2) is 4.98 Å². The van der Waals surface area contributed by atoms with Crippen LogP contribution in [-0.2, 0) is 32.8 Å². The van der Waals surface area contributed by atoms with E-state index in [1.807, 2.05) is 0 Å². The molecular formula is C19H22N6O6. The molecule has 2 heterocycles. The Balaban J connectivity index is 2.22. The topological polar surface area (TPSA) is 161 Å². The van der Waals surface area contributed by atoms with Crippen molar-refractivity contribution in [3.8, 4) is 0 Å². The molecule has 12 nitrogen and oxygen atoms in total. The predicted molar refractivity (Wildman–Crippen MR) is 108 cm³/mol. The number of hydrogen-bond donors (Lipinski definition) is 3. The van der Waals surface area contributed by atoms with Crippen LogP contribution in [0.2, 0.25) is 0 Å². The number of Topliss-reactive ketones (excluding diaryl/α,β-unsaturated/α-hetero) is 1. The van der Waals surface area contributed by atoms with Gasteiger partial charge in [-0.2, -0.15) is 0 Å². The summed E-state index contributed by atoms with van der Waals surface area (Å²) in [7, 11) is 2.89. The summed E-state index contributed by atoms with van der Waals surface area (Å²) < 4.78 is 2.54. The van der Waals surface area contributed by atoms with Crippen LogP contribution in [0.15, 0.2) is 35.5 Å². The summed E-state index contributed by atoms with van der Waals surface area (Å²) in [5, 5.41) is 7.06. The molecule has 164 valence electrons. The monoisotopic (exact) mass is 430 g/mol. The van der Waals surface area contributed by atoms with Gasteiger partial charge in [-0.1, -0.05) is 0 Å². The molecule has 3 amide bonds. The number of ketones is 1. The number of amides is 3. The van der Waals surface area contributed by atoms with E-state index >= 15 is 0 Å². The summed E-state index contributed by atoms with van der Waals surface area (Å²) >= 11 is 0. The van der Waals surface area contributed by atoms with Crippen LogP contribution < -0.4 is 21.5 Å². The fourth-order valence-electron chi connectivity index (χ4n) is 2.68. The Morgan fingerprint density at radius 3 is 2.58 bits per heavy atom. The van der Waals surface area contributed by atoms with Gasteiger partial charge < -0.3 is 29.9 Å². The number of nitrogens with zero attached hydrogens (tertiary/aromatic N) is 3. The molecule has 2 aromatic rings. The van der Waals surface area contributed by atoms with Crippen molar-refractivity contribution in [3.63, 3.8) is 0 Å². The van der Waals surface area contributed by atoms with Crippen molar-refractivity contribution < 1.29 is 24.0 Å². The molecule has 0 radical (unpaired) electrons. The number of hydrogen-bond acceptors (Lipinski definition) is 7. The molecule has 1 unspecified atom stereocenters. The third kappa shape index (κ3) is 5.95. The first-order valence-electron chi connectivity index (χ1n) is 9.25. The molecule has 0 fully saturated rings. The zero-order chi connectivity index (χ0) is 23.0. The molecule has 3 N–H and O–H groups in total. The molecule has 0 aromatic carbocycles. The van der Waals surface area contributed by atoms with E-state index in [9.17, 15) is 28.8 Å². The highest BCUT2D eigenvalue weighted by molar-refractivity contribution is 6.36. The summed E-state index contributed by atoms with van der Waals surface area (Å²) in [6, 6.07) is 1.57. The zero-order valence-corrected chi connectivity index (χ0v) is 17.0. The number of aryl methyl sites for hydroxylation is 1. The van der Waals surface area contributed by atoms with Crippen molar-refractivity contribution in [2.24, 2.45) is 7.05 Å². The van der Waals surface area contributed by atoms with Gasteiger partial charge in [0.05, 0.1) is 6.54 Å². The Labute approximate surface area is 176 Å². The molecule has 0 saturated carbocycles. The van der Waals surface area contributed by atoms with Crippen molar-refractivity contribution in [3.05, 3.63) is 46.9 Å². The highest BCUT2D eigenvalue weighted by Crippen LogP contribution is 2.06. The summed E-state index contributed by atoms with van der Waals surface area (Å²) in [5.74, 6) is -3.00. The van der Waals surface area contributed by atoms with E-state index in [4.69, 9.17) is 0 Å². The lowest BCUT2D eigenvalue weighted by atomic mass is 10.1. The minimum Gasteiger partial charge on any atom is -0.353 e. The van der Waals surface area contributed by atoms with E-state index in [1.54, 1.807) is 13.2 Å². The Kier molecular flexibility index (Phi) is 7.94. The van der Waals surface area contributed by atoms with E-state index < -0.39 is 35.1 Å². The Bertz CT molecular complexity index is 1060. The summed E-state index contributed by atoms with van der Waals surface area (Å²) in [5.41, 5.74) is -0.721. The van der Waals surface area contributed by atoms with E-state index in [-0.39, 0.29) is 30.9 Å². The maximum Gasteiger partial charge on any atom is 0.287 e. The van der Waals surface area contributed by atoms with Gasteiger partial charge in [0, 0.05) is 39.1 Å². The lowest BCUT2D eigenvalue weighted by Crippen LogP contribution is -2.45. The number of aldehydes is 1. The largest absolute Gasteiger partial charge is 0.353 e. The lowest BCUT2D eigenvalue weighted by Gasteiger charge is -2.18. The highest BCUT2D eigenvalue weighted by atomic mass is 16.2. The minimum atomic E-state index is -1.24. The number of carbonyl (C=O) groups excluding carboxylic acids is 5. The smallest absolute Gasteiger partial charge is 0.287 e. The van der Waals surface area contributed by atoms with E-state index in [1.165, 1.54) is 36.1 Å². The van der Waals surface area contributed by atoms with Gasteiger partial charge in [0.25, 0.3) is 17.4 Å². The quantitative estimate of drug-likeness (QED) is 0.309. The SMILES string of the molecule is CNC(=O)C(=O)CCC(NC(=O)c1nccn1C)C(=O)Nc1cccn(CC=O)c1=O. The third-order valence-electron chi connectivity index (χ3n) is 4.34. The number of pyridine rings is 1. The van der Waals surface area contributed by atoms with Gasteiger partial charge in [-0.05, 0) is 18.6 Å². The summed E-state index contributed by atoms with van der Waals surface area (Å²) in [6.45, 7) is -0.192. The fraction of sp³-hybridized carbons (Fsp3) is 0.316. The van der Waals surface area contributed by atoms with Crippen molar-refractivity contribution in [2.45, 2.75) is 25.4 Å². The van der Waals surface area contributed by atoms with E-state index in [0.717, 1.165) is 4.57 Å². The van der Waals surface area contributed by atoms with Gasteiger partial charge in [-0.3, -0.25) is 24.0 Å². The van der Waals surface area contributed by atoms with Crippen LogP contribution in [0.5, 0.6) is 0 Å². The van der Waals surface area contributed by atoms with Crippen molar-refractivity contribution in [2.75, 3.05) is 12.4 Å². The maximum absolute atomic E-state index is 12.8. The summed E-state index contributed by atoms with van der Waals surface area (Å²) in [4.78, 5) is 75.5.